The highest BCUT2D eigenvalue weighted by atomic mass is 35.5. The summed E-state index contributed by atoms with van der Waals surface area (Å²) in [5.41, 5.74) is 3.10. The van der Waals surface area contributed by atoms with Gasteiger partial charge in [0.05, 0.1) is 6.54 Å². The van der Waals surface area contributed by atoms with E-state index in [2.05, 4.69) is 5.10 Å². The van der Waals surface area contributed by atoms with E-state index in [4.69, 9.17) is 16.7 Å². The van der Waals surface area contributed by atoms with Crippen molar-refractivity contribution in [2.75, 3.05) is 6.54 Å². The van der Waals surface area contributed by atoms with Crippen LogP contribution in [-0.2, 0) is 17.9 Å². The summed E-state index contributed by atoms with van der Waals surface area (Å²) < 4.78 is 1.19. The molecule has 9 nitrogen and oxygen atoms in total. The predicted molar refractivity (Wildman–Crippen MR) is 145 cm³/mol. The molecule has 1 heterocycles. The second kappa shape index (κ2) is 12.4. The SMILES string of the molecule is O=C(O)c1cc(C(=O)N(CC[C@@H](O)C(=O)O)Cc2ccc(-c3ccccc3)cc2)nn1Cc1ccccc1Cl. The quantitative estimate of drug-likeness (QED) is 0.253. The second-order valence-corrected chi connectivity index (χ2v) is 9.31. The minimum absolute atomic E-state index is 0.0350. The molecule has 10 heteroatoms. The fourth-order valence-corrected chi connectivity index (χ4v) is 4.27. The van der Waals surface area contributed by atoms with Gasteiger partial charge in [0.15, 0.2) is 11.8 Å². The van der Waals surface area contributed by atoms with Gasteiger partial charge in [-0.25, -0.2) is 9.59 Å². The Morgan fingerprint density at radius 2 is 1.54 bits per heavy atom. The van der Waals surface area contributed by atoms with Gasteiger partial charge in [-0.15, -0.1) is 0 Å². The minimum atomic E-state index is -1.66. The largest absolute Gasteiger partial charge is 0.479 e. The van der Waals surface area contributed by atoms with Crippen molar-refractivity contribution in [1.82, 2.24) is 14.7 Å². The molecular weight excluding hydrogens is 522 g/mol. The monoisotopic (exact) mass is 547 g/mol. The number of aliphatic hydroxyl groups is 1. The molecule has 1 aromatic heterocycles. The smallest absolute Gasteiger partial charge is 0.354 e. The van der Waals surface area contributed by atoms with Crippen LogP contribution in [-0.4, -0.2) is 60.5 Å². The number of carbonyl (C=O) groups is 3. The number of nitrogens with zero attached hydrogens (tertiary/aromatic N) is 3. The number of aromatic nitrogens is 2. The van der Waals surface area contributed by atoms with E-state index in [0.717, 1.165) is 16.7 Å². The van der Waals surface area contributed by atoms with Gasteiger partial charge in [0.2, 0.25) is 0 Å². The molecule has 3 aromatic carbocycles. The normalized spacial score (nSPS) is 11.6. The molecule has 39 heavy (non-hydrogen) atoms. The van der Waals surface area contributed by atoms with Crippen LogP contribution in [0.1, 0.15) is 38.5 Å². The van der Waals surface area contributed by atoms with Crippen LogP contribution in [0.15, 0.2) is 84.9 Å². The van der Waals surface area contributed by atoms with Crippen LogP contribution < -0.4 is 0 Å². The zero-order valence-electron chi connectivity index (χ0n) is 20.8. The number of aliphatic carboxylic acids is 1. The Hall–Kier alpha value is -4.47. The molecule has 1 atom stereocenters. The van der Waals surface area contributed by atoms with Gasteiger partial charge in [0.1, 0.15) is 5.69 Å². The first kappa shape index (κ1) is 27.6. The van der Waals surface area contributed by atoms with Crippen LogP contribution in [0.25, 0.3) is 11.1 Å². The van der Waals surface area contributed by atoms with E-state index >= 15 is 0 Å². The summed E-state index contributed by atoms with van der Waals surface area (Å²) in [5.74, 6) is -3.26. The lowest BCUT2D eigenvalue weighted by Crippen LogP contribution is -2.35. The second-order valence-electron chi connectivity index (χ2n) is 8.90. The third kappa shape index (κ3) is 6.90. The summed E-state index contributed by atoms with van der Waals surface area (Å²) in [7, 11) is 0. The number of carbonyl (C=O) groups excluding carboxylic acids is 1. The zero-order valence-corrected chi connectivity index (χ0v) is 21.5. The van der Waals surface area contributed by atoms with Crippen molar-refractivity contribution in [3.63, 3.8) is 0 Å². The van der Waals surface area contributed by atoms with Crippen molar-refractivity contribution in [3.8, 4) is 11.1 Å². The molecule has 0 saturated carbocycles. The van der Waals surface area contributed by atoms with Crippen molar-refractivity contribution in [2.45, 2.75) is 25.6 Å². The highest BCUT2D eigenvalue weighted by Crippen LogP contribution is 2.21. The third-order valence-electron chi connectivity index (χ3n) is 6.18. The van der Waals surface area contributed by atoms with E-state index in [0.29, 0.717) is 10.6 Å². The molecule has 0 radical (unpaired) electrons. The van der Waals surface area contributed by atoms with Crippen LogP contribution in [0.2, 0.25) is 5.02 Å². The van der Waals surface area contributed by atoms with Gasteiger partial charge in [0, 0.05) is 30.6 Å². The molecule has 1 amide bonds. The number of aromatic carboxylic acids is 1. The first-order valence-corrected chi connectivity index (χ1v) is 12.5. The summed E-state index contributed by atoms with van der Waals surface area (Å²) in [6.45, 7) is 0.0415. The van der Waals surface area contributed by atoms with Crippen LogP contribution in [0, 0.1) is 0 Å². The minimum Gasteiger partial charge on any atom is -0.479 e. The van der Waals surface area contributed by atoms with E-state index in [1.807, 2.05) is 54.6 Å². The first-order valence-electron chi connectivity index (χ1n) is 12.1. The molecule has 0 bridgehead atoms. The lowest BCUT2D eigenvalue weighted by Gasteiger charge is -2.23. The van der Waals surface area contributed by atoms with Gasteiger partial charge in [-0.05, 0) is 28.3 Å². The van der Waals surface area contributed by atoms with Crippen molar-refractivity contribution in [2.24, 2.45) is 0 Å². The van der Waals surface area contributed by atoms with Gasteiger partial charge in [-0.3, -0.25) is 9.48 Å². The lowest BCUT2D eigenvalue weighted by atomic mass is 10.0. The van der Waals surface area contributed by atoms with E-state index in [1.54, 1.807) is 24.3 Å². The fourth-order valence-electron chi connectivity index (χ4n) is 4.07. The molecule has 0 saturated heterocycles. The zero-order chi connectivity index (χ0) is 27.9. The maximum atomic E-state index is 13.5. The van der Waals surface area contributed by atoms with Crippen molar-refractivity contribution in [1.29, 1.82) is 0 Å². The van der Waals surface area contributed by atoms with E-state index < -0.39 is 23.9 Å². The Balaban J connectivity index is 1.60. The lowest BCUT2D eigenvalue weighted by molar-refractivity contribution is -0.147. The maximum absolute atomic E-state index is 13.5. The number of carboxylic acid groups (broad SMARTS) is 2. The standard InChI is InChI=1S/C29H26ClN3O6/c30-23-9-5-4-8-22(23)18-33-25(28(36)37)16-24(31-33)27(35)32(15-14-26(34)29(38)39)17-19-10-12-21(13-11-19)20-6-2-1-3-7-20/h1-13,16,26,34H,14-15,17-18H2,(H,36,37)(H,38,39)/t26-/m1/s1. The summed E-state index contributed by atoms with van der Waals surface area (Å²) in [4.78, 5) is 38.0. The van der Waals surface area contributed by atoms with Gasteiger partial charge >= 0.3 is 11.9 Å². The number of aliphatic hydroxyl groups excluding tert-OH is 1. The Bertz CT molecular complexity index is 1470. The Morgan fingerprint density at radius 1 is 0.897 bits per heavy atom. The highest BCUT2D eigenvalue weighted by Gasteiger charge is 2.25. The first-order chi connectivity index (χ1) is 18.7. The number of rotatable bonds is 11. The molecule has 0 spiro atoms. The van der Waals surface area contributed by atoms with Gasteiger partial charge < -0.3 is 20.2 Å². The molecule has 0 aliphatic heterocycles. The average molecular weight is 548 g/mol. The maximum Gasteiger partial charge on any atom is 0.354 e. The van der Waals surface area contributed by atoms with Crippen LogP contribution in [0.4, 0.5) is 0 Å². The highest BCUT2D eigenvalue weighted by molar-refractivity contribution is 6.31. The summed E-state index contributed by atoms with van der Waals surface area (Å²) in [6.07, 6.45) is -1.87. The summed E-state index contributed by atoms with van der Waals surface area (Å²) in [6, 6.07) is 25.4. The van der Waals surface area contributed by atoms with Crippen LogP contribution >= 0.6 is 11.6 Å². The number of carboxylic acids is 2. The molecule has 0 aliphatic rings. The Labute approximate surface area is 229 Å². The summed E-state index contributed by atoms with van der Waals surface area (Å²) >= 11 is 6.23. The number of benzene rings is 3. The number of hydrogen-bond acceptors (Lipinski definition) is 5. The molecule has 3 N–H and O–H groups in total. The van der Waals surface area contributed by atoms with Crippen LogP contribution in [0.5, 0.6) is 0 Å². The Morgan fingerprint density at radius 3 is 2.18 bits per heavy atom. The van der Waals surface area contributed by atoms with E-state index in [9.17, 15) is 24.6 Å². The third-order valence-corrected chi connectivity index (χ3v) is 6.54. The van der Waals surface area contributed by atoms with Gasteiger partial charge in [0.25, 0.3) is 5.91 Å². The topological polar surface area (TPSA) is 133 Å². The summed E-state index contributed by atoms with van der Waals surface area (Å²) in [5, 5.41) is 33.3. The number of hydrogen-bond donors (Lipinski definition) is 3. The molecule has 0 fully saturated rings. The molecule has 200 valence electrons. The van der Waals surface area contributed by atoms with Gasteiger partial charge in [-0.2, -0.15) is 5.10 Å². The van der Waals surface area contributed by atoms with E-state index in [-0.39, 0.29) is 37.4 Å². The fraction of sp³-hybridized carbons (Fsp3) is 0.172. The average Bonchev–Trinajstić information content (AvgIpc) is 3.36. The Kier molecular flexibility index (Phi) is 8.75. The predicted octanol–water partition coefficient (Wildman–Crippen LogP) is 4.43. The molecule has 4 rings (SSSR count). The van der Waals surface area contributed by atoms with Crippen molar-refractivity contribution >= 4 is 29.4 Å². The number of halogens is 1. The molecule has 0 aliphatic carbocycles. The van der Waals surface area contributed by atoms with E-state index in [1.165, 1.54) is 15.6 Å². The van der Waals surface area contributed by atoms with Gasteiger partial charge in [-0.1, -0.05) is 84.4 Å². The molecule has 0 unspecified atom stereocenters. The van der Waals surface area contributed by atoms with Crippen LogP contribution in [0.3, 0.4) is 0 Å². The molecule has 4 aromatic rings. The number of amides is 1. The molecular formula is C29H26ClN3O6. The van der Waals surface area contributed by atoms with Crippen molar-refractivity contribution in [3.05, 3.63) is 112 Å². The van der Waals surface area contributed by atoms with Crippen molar-refractivity contribution < 1.29 is 29.7 Å².